The second-order valence-electron chi connectivity index (χ2n) is 20.4. The number of hydrogen-bond donors (Lipinski definition) is 0. The van der Waals surface area contributed by atoms with E-state index in [4.69, 9.17) is 0 Å². The molecule has 404 valence electrons. The summed E-state index contributed by atoms with van der Waals surface area (Å²) in [6, 6.07) is 60.9. The largest absolute Gasteiger partial charge is 0.310 e. The molecular weight excluding hydrogens is 1070 g/mol. The predicted octanol–water partition coefficient (Wildman–Crippen LogP) is 19.9. The van der Waals surface area contributed by atoms with Crippen molar-refractivity contribution in [1.82, 2.24) is 0 Å². The lowest BCUT2D eigenvalue weighted by Crippen LogP contribution is -2.33. The zero-order valence-corrected chi connectivity index (χ0v) is 43.5. The van der Waals surface area contributed by atoms with Gasteiger partial charge in [-0.15, -0.1) is 0 Å². The number of rotatable bonds is 11. The van der Waals surface area contributed by atoms with E-state index in [0.717, 1.165) is 16.7 Å². The summed E-state index contributed by atoms with van der Waals surface area (Å²) in [6.45, 7) is 7.69. The molecule has 0 aromatic heterocycles. The van der Waals surface area contributed by atoms with E-state index in [0.29, 0.717) is 44.6 Å². The molecule has 0 amide bonds. The number of hydrogen-bond acceptors (Lipinski definition) is 1. The average Bonchev–Trinajstić information content (AvgIpc) is 2.15. The molecule has 0 heterocycles. The summed E-state index contributed by atoms with van der Waals surface area (Å²) in [5.74, 6) is -21.4. The van der Waals surface area contributed by atoms with Crippen LogP contribution in [-0.2, 0) is 10.8 Å². The topological polar surface area (TPSA) is 3.24 Å². The first-order chi connectivity index (χ1) is 40.2. The molecule has 2 atom stereocenters. The lowest BCUT2D eigenvalue weighted by Gasteiger charge is -2.36. The SMILES string of the molecule is C=Cc1ccc(C2(c3c(F)c(F)c(F)c(F)c3F)c3ccccc3-c3ccc(N(c4cccc(-c5cccc(-c6ccccc6)c5)c4)c4ccc5c(c4)C(c4ccc(C=C)cc4)(c4c(F)c(F)c(F)c(F)c4F)c4ccccc4-5)cc32)cc1. The third kappa shape index (κ3) is 7.70. The molecule has 13 rings (SSSR count). The third-order valence-corrected chi connectivity index (χ3v) is 16.3. The van der Waals surface area contributed by atoms with Gasteiger partial charge in [0.1, 0.15) is 0 Å². The highest BCUT2D eigenvalue weighted by molar-refractivity contribution is 5.93. The Morgan fingerprint density at radius 1 is 0.277 bits per heavy atom. The minimum Gasteiger partial charge on any atom is -0.310 e. The normalized spacial score (nSPS) is 15.5. The quantitative estimate of drug-likeness (QED) is 0.0709. The molecular formula is C72H41F10N. The van der Waals surface area contributed by atoms with Crippen molar-refractivity contribution in [1.29, 1.82) is 0 Å². The maximum atomic E-state index is 17.1. The molecule has 0 fully saturated rings. The third-order valence-electron chi connectivity index (χ3n) is 16.3. The van der Waals surface area contributed by atoms with Crippen LogP contribution in [0.4, 0.5) is 61.0 Å². The van der Waals surface area contributed by atoms with Crippen LogP contribution in [0.5, 0.6) is 0 Å². The minimum absolute atomic E-state index is 0.120. The van der Waals surface area contributed by atoms with Crippen LogP contribution in [0.15, 0.2) is 225 Å². The number of nitrogens with zero attached hydrogens (tertiary/aromatic N) is 1. The van der Waals surface area contributed by atoms with E-state index in [1.807, 2.05) is 66.7 Å². The van der Waals surface area contributed by atoms with Crippen molar-refractivity contribution in [3.05, 3.63) is 339 Å². The monoisotopic (exact) mass is 1110 g/mol. The van der Waals surface area contributed by atoms with E-state index in [1.165, 1.54) is 0 Å². The fraction of sp³-hybridized carbons (Fsp3) is 0.0278. The summed E-state index contributed by atoms with van der Waals surface area (Å²) in [6.07, 6.45) is 3.08. The molecule has 1 nitrogen and oxygen atoms in total. The fourth-order valence-corrected chi connectivity index (χ4v) is 12.6. The standard InChI is InChI=1S/C72H41F10N/c1-3-40-24-28-46(29-25-40)71(59-61(73)65(77)69(81)66(78)62(59)74)55-22-10-8-20-51(55)53-34-32-49(38-57(53)71)83(48-19-13-18-45(37-48)44-17-12-16-43(36-44)42-14-6-5-7-15-42)50-33-35-54-52-21-9-11-23-56(52)72(58(54)39-50,47-30-26-41(4-2)27-31-47)60-63(75)67(79)70(82)68(80)64(60)76/h3-39H,1-2H2. The number of halogens is 10. The Hall–Kier alpha value is -10.0. The Morgan fingerprint density at radius 3 is 1.05 bits per heavy atom. The van der Waals surface area contributed by atoms with Crippen molar-refractivity contribution in [2.45, 2.75) is 10.8 Å². The Labute approximate surface area is 470 Å². The highest BCUT2D eigenvalue weighted by atomic mass is 19.2. The van der Waals surface area contributed by atoms with Gasteiger partial charge in [-0.3, -0.25) is 0 Å². The number of fused-ring (bicyclic) bond motifs is 6. The molecule has 83 heavy (non-hydrogen) atoms. The van der Waals surface area contributed by atoms with E-state index >= 15 is 43.9 Å². The summed E-state index contributed by atoms with van der Waals surface area (Å²) < 4.78 is 163. The van der Waals surface area contributed by atoms with Gasteiger partial charge in [-0.25, -0.2) is 43.9 Å². The average molecular weight is 1110 g/mol. The molecule has 2 aliphatic rings. The van der Waals surface area contributed by atoms with Crippen LogP contribution in [0.2, 0.25) is 0 Å². The smallest absolute Gasteiger partial charge is 0.200 e. The molecule has 0 bridgehead atoms. The zero-order chi connectivity index (χ0) is 57.6. The first-order valence-corrected chi connectivity index (χ1v) is 26.3. The molecule has 0 radical (unpaired) electrons. The van der Waals surface area contributed by atoms with Crippen LogP contribution >= 0.6 is 0 Å². The highest BCUT2D eigenvalue weighted by Crippen LogP contribution is 2.61. The second kappa shape index (κ2) is 19.9. The van der Waals surface area contributed by atoms with Crippen LogP contribution in [-0.4, -0.2) is 0 Å². The van der Waals surface area contributed by atoms with E-state index in [-0.39, 0.29) is 44.8 Å². The Kier molecular flexibility index (Phi) is 12.6. The van der Waals surface area contributed by atoms with Crippen LogP contribution in [0, 0.1) is 58.2 Å². The Morgan fingerprint density at radius 2 is 0.614 bits per heavy atom. The van der Waals surface area contributed by atoms with Crippen molar-refractivity contribution in [3.63, 3.8) is 0 Å². The molecule has 0 saturated carbocycles. The molecule has 0 N–H and O–H groups in total. The molecule has 11 heteroatoms. The van der Waals surface area contributed by atoms with Crippen molar-refractivity contribution in [3.8, 4) is 44.5 Å². The van der Waals surface area contributed by atoms with E-state index in [2.05, 4.69) is 13.2 Å². The lowest BCUT2D eigenvalue weighted by atomic mass is 9.67. The van der Waals surface area contributed by atoms with Crippen LogP contribution in [0.25, 0.3) is 56.7 Å². The summed E-state index contributed by atoms with van der Waals surface area (Å²) in [4.78, 5) is 1.76. The van der Waals surface area contributed by atoms with Gasteiger partial charge in [-0.05, 0) is 131 Å². The highest BCUT2D eigenvalue weighted by Gasteiger charge is 2.53. The van der Waals surface area contributed by atoms with Crippen molar-refractivity contribution in [2.75, 3.05) is 4.90 Å². The van der Waals surface area contributed by atoms with E-state index in [9.17, 15) is 0 Å². The van der Waals surface area contributed by atoms with Gasteiger partial charge in [0.05, 0.1) is 10.8 Å². The van der Waals surface area contributed by atoms with E-state index < -0.39 is 80.1 Å². The van der Waals surface area contributed by atoms with Crippen molar-refractivity contribution >= 4 is 29.2 Å². The molecule has 2 aliphatic carbocycles. The van der Waals surface area contributed by atoms with Gasteiger partial charge in [-0.2, -0.15) is 0 Å². The van der Waals surface area contributed by atoms with Gasteiger partial charge in [-0.1, -0.05) is 195 Å². The van der Waals surface area contributed by atoms with Gasteiger partial charge in [0.15, 0.2) is 46.5 Å². The Bertz CT molecular complexity index is 4210. The van der Waals surface area contributed by atoms with Gasteiger partial charge in [0.2, 0.25) is 11.6 Å². The molecule has 11 aromatic rings. The maximum absolute atomic E-state index is 17.1. The molecule has 0 aliphatic heterocycles. The first-order valence-electron chi connectivity index (χ1n) is 26.3. The summed E-state index contributed by atoms with van der Waals surface area (Å²) >= 11 is 0. The summed E-state index contributed by atoms with van der Waals surface area (Å²) in [5.41, 5.74) is 1.40. The molecule has 2 unspecified atom stereocenters. The maximum Gasteiger partial charge on any atom is 0.200 e. The lowest BCUT2D eigenvalue weighted by molar-refractivity contribution is 0.363. The molecule has 0 spiro atoms. The van der Waals surface area contributed by atoms with Crippen LogP contribution in [0.1, 0.15) is 55.6 Å². The van der Waals surface area contributed by atoms with E-state index in [1.54, 1.807) is 163 Å². The van der Waals surface area contributed by atoms with Crippen molar-refractivity contribution in [2.24, 2.45) is 0 Å². The molecule has 0 saturated heterocycles. The summed E-state index contributed by atoms with van der Waals surface area (Å²) in [5, 5.41) is 0. The van der Waals surface area contributed by atoms with Gasteiger partial charge in [0.25, 0.3) is 0 Å². The summed E-state index contributed by atoms with van der Waals surface area (Å²) in [7, 11) is 0. The van der Waals surface area contributed by atoms with Gasteiger partial charge < -0.3 is 4.90 Å². The molecule has 11 aromatic carbocycles. The Balaban J connectivity index is 1.13. The van der Waals surface area contributed by atoms with Gasteiger partial charge in [0, 0.05) is 28.2 Å². The fourth-order valence-electron chi connectivity index (χ4n) is 12.6. The number of benzene rings is 11. The van der Waals surface area contributed by atoms with Crippen LogP contribution in [0.3, 0.4) is 0 Å². The minimum atomic E-state index is -2.33. The van der Waals surface area contributed by atoms with Gasteiger partial charge >= 0.3 is 0 Å². The first kappa shape index (κ1) is 52.4. The second-order valence-corrected chi connectivity index (χ2v) is 20.4. The number of anilines is 3. The van der Waals surface area contributed by atoms with Crippen molar-refractivity contribution < 1.29 is 43.9 Å². The zero-order valence-electron chi connectivity index (χ0n) is 43.5. The van der Waals surface area contributed by atoms with Crippen LogP contribution < -0.4 is 4.90 Å². The predicted molar refractivity (Wildman–Crippen MR) is 306 cm³/mol.